The minimum absolute atomic E-state index is 0.149. The minimum atomic E-state index is -0.151. The highest BCUT2D eigenvalue weighted by Gasteiger charge is 2.14. The van der Waals surface area contributed by atoms with Crippen molar-refractivity contribution in [3.05, 3.63) is 53.6 Å². The third kappa shape index (κ3) is 5.82. The monoisotopic (exact) mass is 392 g/mol. The van der Waals surface area contributed by atoms with Crippen LogP contribution in [0.3, 0.4) is 0 Å². The second kappa shape index (κ2) is 10.3. The van der Waals surface area contributed by atoms with Crippen LogP contribution in [0.2, 0.25) is 0 Å². The van der Waals surface area contributed by atoms with E-state index in [1.54, 1.807) is 24.3 Å². The standard InChI is InChI=1S/C23H28N4O2/c1-5-26(6-2)21-11-12-22(17(3)15-21)25-23(29)13-14-27(18(4)28)20-9-7-19(16-24)8-10-20/h7-12,15H,5-6,13-14H2,1-4H3,(H,25,29). The Hall–Kier alpha value is -3.33. The van der Waals surface area contributed by atoms with Crippen molar-refractivity contribution in [1.82, 2.24) is 0 Å². The molecule has 0 saturated carbocycles. The molecule has 0 aliphatic carbocycles. The molecule has 0 fully saturated rings. The summed E-state index contributed by atoms with van der Waals surface area (Å²) in [5.74, 6) is -0.300. The number of rotatable bonds is 8. The molecule has 6 nitrogen and oxygen atoms in total. The fourth-order valence-electron chi connectivity index (χ4n) is 3.18. The molecule has 6 heteroatoms. The first-order valence-corrected chi connectivity index (χ1v) is 9.83. The molecular formula is C23H28N4O2. The number of benzene rings is 2. The molecule has 0 spiro atoms. The molecule has 0 bridgehead atoms. The molecule has 0 atom stereocenters. The fraction of sp³-hybridized carbons (Fsp3) is 0.348. The molecule has 0 aliphatic heterocycles. The normalized spacial score (nSPS) is 10.2. The van der Waals surface area contributed by atoms with Crippen molar-refractivity contribution in [3.8, 4) is 6.07 Å². The molecule has 2 aromatic carbocycles. The van der Waals surface area contributed by atoms with E-state index in [1.807, 2.05) is 19.1 Å². The Labute approximate surface area is 172 Å². The van der Waals surface area contributed by atoms with Crippen LogP contribution < -0.4 is 15.1 Å². The van der Waals surface area contributed by atoms with Crippen LogP contribution in [0.4, 0.5) is 17.1 Å². The number of carbonyl (C=O) groups excluding carboxylic acids is 2. The average molecular weight is 393 g/mol. The van der Waals surface area contributed by atoms with Gasteiger partial charge in [-0.05, 0) is 68.8 Å². The van der Waals surface area contributed by atoms with E-state index in [-0.39, 0.29) is 24.8 Å². The van der Waals surface area contributed by atoms with Crippen molar-refractivity contribution in [1.29, 1.82) is 5.26 Å². The van der Waals surface area contributed by atoms with Crippen LogP contribution >= 0.6 is 0 Å². The van der Waals surface area contributed by atoms with Crippen LogP contribution in [-0.2, 0) is 9.59 Å². The van der Waals surface area contributed by atoms with E-state index in [9.17, 15) is 9.59 Å². The van der Waals surface area contributed by atoms with Crippen molar-refractivity contribution in [2.24, 2.45) is 0 Å². The Balaban J connectivity index is 2.02. The number of nitrogens with zero attached hydrogens (tertiary/aromatic N) is 3. The van der Waals surface area contributed by atoms with Crippen molar-refractivity contribution in [2.45, 2.75) is 34.1 Å². The lowest BCUT2D eigenvalue weighted by atomic mass is 10.1. The molecule has 2 amide bonds. The molecule has 0 aromatic heterocycles. The molecule has 2 aromatic rings. The molecule has 29 heavy (non-hydrogen) atoms. The summed E-state index contributed by atoms with van der Waals surface area (Å²) >= 11 is 0. The van der Waals surface area contributed by atoms with Crippen molar-refractivity contribution in [3.63, 3.8) is 0 Å². The lowest BCUT2D eigenvalue weighted by Gasteiger charge is -2.23. The summed E-state index contributed by atoms with van der Waals surface area (Å²) in [7, 11) is 0. The number of hydrogen-bond donors (Lipinski definition) is 1. The second-order valence-electron chi connectivity index (χ2n) is 6.80. The lowest BCUT2D eigenvalue weighted by Crippen LogP contribution is -2.32. The third-order valence-corrected chi connectivity index (χ3v) is 4.86. The van der Waals surface area contributed by atoms with Gasteiger partial charge in [-0.1, -0.05) is 0 Å². The summed E-state index contributed by atoms with van der Waals surface area (Å²) in [6.07, 6.45) is 0.177. The first-order chi connectivity index (χ1) is 13.9. The summed E-state index contributed by atoms with van der Waals surface area (Å²) in [6.45, 7) is 9.79. The van der Waals surface area contributed by atoms with Gasteiger partial charge in [0.25, 0.3) is 0 Å². The smallest absolute Gasteiger partial charge is 0.226 e. The van der Waals surface area contributed by atoms with Gasteiger partial charge in [-0.25, -0.2) is 0 Å². The van der Waals surface area contributed by atoms with Gasteiger partial charge >= 0.3 is 0 Å². The van der Waals surface area contributed by atoms with E-state index in [1.165, 1.54) is 11.8 Å². The summed E-state index contributed by atoms with van der Waals surface area (Å²) in [6, 6.07) is 14.8. The van der Waals surface area contributed by atoms with Crippen LogP contribution in [0.1, 0.15) is 38.3 Å². The van der Waals surface area contributed by atoms with Gasteiger partial charge in [-0.2, -0.15) is 5.26 Å². The Morgan fingerprint density at radius 1 is 1.03 bits per heavy atom. The zero-order valence-corrected chi connectivity index (χ0v) is 17.5. The number of hydrogen-bond acceptors (Lipinski definition) is 4. The highest BCUT2D eigenvalue weighted by molar-refractivity contribution is 5.95. The molecular weight excluding hydrogens is 364 g/mol. The maximum absolute atomic E-state index is 12.5. The Morgan fingerprint density at radius 2 is 1.66 bits per heavy atom. The van der Waals surface area contributed by atoms with E-state index in [0.717, 1.165) is 30.0 Å². The van der Waals surface area contributed by atoms with Crippen molar-refractivity contribution < 1.29 is 9.59 Å². The highest BCUT2D eigenvalue weighted by Crippen LogP contribution is 2.23. The highest BCUT2D eigenvalue weighted by atomic mass is 16.2. The second-order valence-corrected chi connectivity index (χ2v) is 6.80. The van der Waals surface area contributed by atoms with Crippen molar-refractivity contribution in [2.75, 3.05) is 34.8 Å². The molecule has 0 heterocycles. The van der Waals surface area contributed by atoms with Crippen LogP contribution in [-0.4, -0.2) is 31.4 Å². The fourth-order valence-corrected chi connectivity index (χ4v) is 3.18. The molecule has 0 radical (unpaired) electrons. The molecule has 2 rings (SSSR count). The minimum Gasteiger partial charge on any atom is -0.372 e. The summed E-state index contributed by atoms with van der Waals surface area (Å²) < 4.78 is 0. The van der Waals surface area contributed by atoms with Gasteiger partial charge in [0.1, 0.15) is 0 Å². The SMILES string of the molecule is CCN(CC)c1ccc(NC(=O)CCN(C(C)=O)c2ccc(C#N)cc2)c(C)c1. The number of anilines is 3. The number of nitriles is 1. The maximum Gasteiger partial charge on any atom is 0.226 e. The molecule has 152 valence electrons. The van der Waals surface area contributed by atoms with Gasteiger partial charge in [0.05, 0.1) is 11.6 Å². The van der Waals surface area contributed by atoms with E-state index < -0.39 is 0 Å². The van der Waals surface area contributed by atoms with E-state index in [0.29, 0.717) is 11.3 Å². The average Bonchev–Trinajstić information content (AvgIpc) is 2.71. The molecule has 1 N–H and O–H groups in total. The Kier molecular flexibility index (Phi) is 7.79. The van der Waals surface area contributed by atoms with Crippen LogP contribution in [0.25, 0.3) is 0 Å². The third-order valence-electron chi connectivity index (χ3n) is 4.86. The number of amides is 2. The summed E-state index contributed by atoms with van der Waals surface area (Å²) in [4.78, 5) is 28.2. The first kappa shape index (κ1) is 22.0. The van der Waals surface area contributed by atoms with E-state index in [2.05, 4.69) is 36.2 Å². The molecule has 0 unspecified atom stereocenters. The van der Waals surface area contributed by atoms with Gasteiger partial charge in [0, 0.05) is 50.0 Å². The zero-order chi connectivity index (χ0) is 21.4. The van der Waals surface area contributed by atoms with Crippen LogP contribution in [0.5, 0.6) is 0 Å². The maximum atomic E-state index is 12.5. The summed E-state index contributed by atoms with van der Waals surface area (Å²) in [5.41, 5.74) is 4.11. The Bertz CT molecular complexity index is 896. The van der Waals surface area contributed by atoms with Gasteiger partial charge in [-0.3, -0.25) is 9.59 Å². The molecule has 0 aliphatic rings. The number of carbonyl (C=O) groups is 2. The van der Waals surface area contributed by atoms with Crippen LogP contribution in [0, 0.1) is 18.3 Å². The molecule has 0 saturated heterocycles. The Morgan fingerprint density at radius 3 is 2.17 bits per heavy atom. The zero-order valence-electron chi connectivity index (χ0n) is 17.5. The number of nitrogens with one attached hydrogen (secondary N) is 1. The van der Waals surface area contributed by atoms with Gasteiger partial charge < -0.3 is 15.1 Å². The quantitative estimate of drug-likeness (QED) is 0.734. The largest absolute Gasteiger partial charge is 0.372 e. The van der Waals surface area contributed by atoms with Gasteiger partial charge in [0.2, 0.25) is 11.8 Å². The van der Waals surface area contributed by atoms with Crippen molar-refractivity contribution >= 4 is 28.9 Å². The predicted octanol–water partition coefficient (Wildman–Crippen LogP) is 4.09. The van der Waals surface area contributed by atoms with Gasteiger partial charge in [0.15, 0.2) is 0 Å². The summed E-state index contributed by atoms with van der Waals surface area (Å²) in [5, 5.41) is 11.8. The van der Waals surface area contributed by atoms with E-state index >= 15 is 0 Å². The number of aryl methyl sites for hydroxylation is 1. The lowest BCUT2D eigenvalue weighted by molar-refractivity contribution is -0.117. The predicted molar refractivity (Wildman–Crippen MR) is 117 cm³/mol. The van der Waals surface area contributed by atoms with E-state index in [4.69, 9.17) is 5.26 Å². The van der Waals surface area contributed by atoms with Crippen LogP contribution in [0.15, 0.2) is 42.5 Å². The first-order valence-electron chi connectivity index (χ1n) is 9.83. The topological polar surface area (TPSA) is 76.4 Å². The van der Waals surface area contributed by atoms with Gasteiger partial charge in [-0.15, -0.1) is 0 Å².